The molecule has 184 valence electrons. The summed E-state index contributed by atoms with van der Waals surface area (Å²) in [6.45, 7) is 3.26. The fourth-order valence-electron chi connectivity index (χ4n) is 4.20. The molecule has 1 amide bonds. The lowest BCUT2D eigenvalue weighted by Crippen LogP contribution is -2.41. The molecule has 2 aromatic rings. The molecule has 8 nitrogen and oxygen atoms in total. The molecule has 35 heavy (non-hydrogen) atoms. The molecule has 1 saturated carbocycles. The second kappa shape index (κ2) is 9.79. The highest BCUT2D eigenvalue weighted by Gasteiger charge is 2.68. The van der Waals surface area contributed by atoms with E-state index in [4.69, 9.17) is 21.6 Å². The van der Waals surface area contributed by atoms with Crippen LogP contribution in [-0.2, 0) is 10.3 Å². The van der Waals surface area contributed by atoms with E-state index in [1.54, 1.807) is 0 Å². The van der Waals surface area contributed by atoms with Crippen molar-refractivity contribution >= 4 is 28.5 Å². The molecule has 0 bridgehead atoms. The maximum Gasteiger partial charge on any atom is 0.275 e. The van der Waals surface area contributed by atoms with Gasteiger partial charge in [-0.2, -0.15) is 0 Å². The van der Waals surface area contributed by atoms with Crippen molar-refractivity contribution in [3.05, 3.63) is 47.7 Å². The highest BCUT2D eigenvalue weighted by molar-refractivity contribution is 8.15. The maximum absolute atomic E-state index is 15.1. The quantitative estimate of drug-likeness (QED) is 0.507. The number of aromatic nitrogens is 2. The molecule has 2 aliphatic rings. The number of hydrogen-bond donors (Lipinski definition) is 2. The Morgan fingerprint density at radius 1 is 1.40 bits per heavy atom. The van der Waals surface area contributed by atoms with Crippen LogP contribution in [0.2, 0.25) is 0 Å². The van der Waals surface area contributed by atoms with E-state index >= 15 is 4.39 Å². The van der Waals surface area contributed by atoms with Gasteiger partial charge in [0.15, 0.2) is 11.8 Å². The first-order valence-electron chi connectivity index (χ1n) is 10.9. The van der Waals surface area contributed by atoms with E-state index in [-0.39, 0.29) is 46.6 Å². The first-order chi connectivity index (χ1) is 16.7. The fourth-order valence-corrected chi connectivity index (χ4v) is 5.54. The van der Waals surface area contributed by atoms with Crippen molar-refractivity contribution < 1.29 is 23.0 Å². The highest BCUT2D eigenvalue weighted by atomic mass is 32.2. The summed E-state index contributed by atoms with van der Waals surface area (Å²) in [5.74, 6) is 0.952. The van der Waals surface area contributed by atoms with Gasteiger partial charge in [0.2, 0.25) is 5.88 Å². The van der Waals surface area contributed by atoms with Crippen molar-refractivity contribution in [1.29, 1.82) is 0 Å². The number of carbonyl (C=O) groups is 1. The van der Waals surface area contributed by atoms with Crippen LogP contribution in [0.15, 0.2) is 35.6 Å². The van der Waals surface area contributed by atoms with Crippen LogP contribution in [0.1, 0.15) is 36.3 Å². The largest absolute Gasteiger partial charge is 0.463 e. The third kappa shape index (κ3) is 4.94. The molecule has 1 aliphatic heterocycles. The number of rotatable bonds is 9. The molecule has 0 unspecified atom stereocenters. The molecule has 3 N–H and O–H groups in total. The average molecular weight is 502 g/mol. The van der Waals surface area contributed by atoms with Crippen molar-refractivity contribution in [2.75, 3.05) is 25.2 Å². The van der Waals surface area contributed by atoms with Crippen LogP contribution in [0.3, 0.4) is 0 Å². The standard InChI is InChI=1S/C24H25F2N5O3S/c1-4-7-33-20-11-28-18(10-29-20)21(32)30-15-5-6-17(26)16(8-15)24(12-25)19-9-23(19,13-34-14(2)3)35-22(27)31-24/h1,5-6,8,10-11,14,19H,7,9,12-13H2,2-3H3,(H2,27,31)(H,30,32)/t19-,23-,24-/m1/s1. The normalized spacial score (nSPS) is 24.8. The zero-order valence-corrected chi connectivity index (χ0v) is 20.1. The highest BCUT2D eigenvalue weighted by Crippen LogP contribution is 2.66. The van der Waals surface area contributed by atoms with Gasteiger partial charge in [-0.15, -0.1) is 6.42 Å². The van der Waals surface area contributed by atoms with Crippen LogP contribution in [0, 0.1) is 24.1 Å². The summed E-state index contributed by atoms with van der Waals surface area (Å²) < 4.78 is 40.2. The lowest BCUT2D eigenvalue weighted by molar-refractivity contribution is 0.0707. The number of aliphatic imine (C=N–C) groups is 1. The fraction of sp³-hybridized carbons (Fsp3) is 0.417. The van der Waals surface area contributed by atoms with E-state index in [0.717, 1.165) is 0 Å². The molecule has 1 aromatic heterocycles. The van der Waals surface area contributed by atoms with E-state index in [1.807, 2.05) is 13.8 Å². The Morgan fingerprint density at radius 3 is 2.86 bits per heavy atom. The maximum atomic E-state index is 15.1. The van der Waals surface area contributed by atoms with Crippen LogP contribution in [0.4, 0.5) is 14.5 Å². The predicted octanol–water partition coefficient (Wildman–Crippen LogP) is 3.29. The summed E-state index contributed by atoms with van der Waals surface area (Å²) in [7, 11) is 0. The minimum absolute atomic E-state index is 0.00696. The number of nitrogens with one attached hydrogen (secondary N) is 1. The van der Waals surface area contributed by atoms with Gasteiger partial charge >= 0.3 is 0 Å². The van der Waals surface area contributed by atoms with Crippen molar-refractivity contribution in [3.8, 4) is 18.2 Å². The number of benzene rings is 1. The van der Waals surface area contributed by atoms with Crippen molar-refractivity contribution in [2.45, 2.75) is 36.7 Å². The van der Waals surface area contributed by atoms with E-state index in [2.05, 4.69) is 26.2 Å². The molecule has 3 atom stereocenters. The summed E-state index contributed by atoms with van der Waals surface area (Å²) in [6, 6.07) is 3.95. The van der Waals surface area contributed by atoms with Gasteiger partial charge in [-0.1, -0.05) is 17.7 Å². The lowest BCUT2D eigenvalue weighted by atomic mass is 9.84. The topological polar surface area (TPSA) is 112 Å². The SMILES string of the molecule is C#CCOc1cnc(C(=O)Nc2ccc(F)c([C@@]3(CF)N=C(N)S[C@@]4(COC(C)C)C[C@H]43)c2)cn1. The zero-order valence-electron chi connectivity index (χ0n) is 19.3. The van der Waals surface area contributed by atoms with Crippen molar-refractivity contribution in [2.24, 2.45) is 16.6 Å². The molecular weight excluding hydrogens is 476 g/mol. The number of hydrogen-bond acceptors (Lipinski definition) is 8. The van der Waals surface area contributed by atoms with Gasteiger partial charge in [-0.3, -0.25) is 4.79 Å². The number of anilines is 1. The summed E-state index contributed by atoms with van der Waals surface area (Å²) in [5.41, 5.74) is 4.87. The van der Waals surface area contributed by atoms with E-state index in [0.29, 0.717) is 13.0 Å². The second-order valence-corrected chi connectivity index (χ2v) is 10.1. The number of amides is 1. The summed E-state index contributed by atoms with van der Waals surface area (Å²) in [5, 5.41) is 2.83. The molecule has 1 aliphatic carbocycles. The minimum atomic E-state index is -1.50. The Bertz CT molecular complexity index is 1190. The van der Waals surface area contributed by atoms with Gasteiger partial charge in [0, 0.05) is 17.2 Å². The Morgan fingerprint density at radius 2 is 2.20 bits per heavy atom. The van der Waals surface area contributed by atoms with Gasteiger partial charge in [0.05, 0.1) is 29.9 Å². The third-order valence-corrected chi connectivity index (χ3v) is 7.21. The van der Waals surface area contributed by atoms with Gasteiger partial charge < -0.3 is 20.5 Å². The monoisotopic (exact) mass is 501 g/mol. The Labute approximate surface area is 206 Å². The first kappa shape index (κ1) is 24.9. The first-order valence-corrected chi connectivity index (χ1v) is 11.8. The molecule has 4 rings (SSSR count). The van der Waals surface area contributed by atoms with E-state index in [1.165, 1.54) is 42.4 Å². The second-order valence-electron chi connectivity index (χ2n) is 8.67. The van der Waals surface area contributed by atoms with Crippen molar-refractivity contribution in [3.63, 3.8) is 0 Å². The number of alkyl halides is 1. The number of thioether (sulfide) groups is 1. The number of nitrogens with zero attached hydrogens (tertiary/aromatic N) is 3. The van der Waals surface area contributed by atoms with Crippen molar-refractivity contribution in [1.82, 2.24) is 9.97 Å². The van der Waals surface area contributed by atoms with Gasteiger partial charge in [0.1, 0.15) is 23.7 Å². The summed E-state index contributed by atoms with van der Waals surface area (Å²) in [4.78, 5) is 25.0. The number of terminal acetylenes is 1. The van der Waals surface area contributed by atoms with E-state index < -0.39 is 28.7 Å². The Hall–Kier alpha value is -3.23. The van der Waals surface area contributed by atoms with Crippen LogP contribution < -0.4 is 15.8 Å². The Kier molecular flexibility index (Phi) is 6.96. The Balaban J connectivity index is 1.58. The number of halogens is 2. The molecule has 2 heterocycles. The van der Waals surface area contributed by atoms with Crippen LogP contribution in [-0.4, -0.2) is 51.8 Å². The molecule has 0 radical (unpaired) electrons. The van der Waals surface area contributed by atoms with Crippen LogP contribution in [0.25, 0.3) is 0 Å². The van der Waals surface area contributed by atoms with Gasteiger partial charge in [-0.25, -0.2) is 23.7 Å². The number of carbonyl (C=O) groups excluding carboxylic acids is 1. The van der Waals surface area contributed by atoms with Gasteiger partial charge in [-0.05, 0) is 38.5 Å². The summed E-state index contributed by atoms with van der Waals surface area (Å²) >= 11 is 1.35. The predicted molar refractivity (Wildman–Crippen MR) is 130 cm³/mol. The molecular formula is C24H25F2N5O3S. The van der Waals surface area contributed by atoms with Crippen LogP contribution in [0.5, 0.6) is 5.88 Å². The number of nitrogens with two attached hydrogens (primary N) is 1. The molecule has 1 aromatic carbocycles. The number of ether oxygens (including phenoxy) is 2. The number of fused-ring (bicyclic) bond motifs is 1. The smallest absolute Gasteiger partial charge is 0.275 e. The average Bonchev–Trinajstić information content (AvgIpc) is 3.57. The lowest BCUT2D eigenvalue weighted by Gasteiger charge is -2.35. The summed E-state index contributed by atoms with van der Waals surface area (Å²) in [6.07, 6.45) is 8.19. The number of amidine groups is 1. The molecule has 11 heteroatoms. The minimum Gasteiger partial charge on any atom is -0.463 e. The zero-order chi connectivity index (χ0) is 25.2. The van der Waals surface area contributed by atoms with E-state index in [9.17, 15) is 9.18 Å². The molecule has 0 saturated heterocycles. The molecule has 1 fully saturated rings. The third-order valence-electron chi connectivity index (χ3n) is 5.94. The van der Waals surface area contributed by atoms with Gasteiger partial charge in [0.25, 0.3) is 5.91 Å². The molecule has 0 spiro atoms. The van der Waals surface area contributed by atoms with Crippen LogP contribution >= 0.6 is 11.8 Å².